The van der Waals surface area contributed by atoms with Crippen molar-refractivity contribution in [1.82, 2.24) is 5.06 Å². The number of amides is 1. The Hall–Kier alpha value is -2.61. The fraction of sp³-hybridized carbons (Fsp3) is 0.400. The lowest BCUT2D eigenvalue weighted by atomic mass is 10.1. The fourth-order valence-electron chi connectivity index (χ4n) is 1.97. The van der Waals surface area contributed by atoms with Gasteiger partial charge in [-0.15, -0.1) is 0 Å². The van der Waals surface area contributed by atoms with Gasteiger partial charge >= 0.3 is 11.9 Å². The zero-order chi connectivity index (χ0) is 17.4. The van der Waals surface area contributed by atoms with E-state index < -0.39 is 30.3 Å². The summed E-state index contributed by atoms with van der Waals surface area (Å²) in [4.78, 5) is 39.7. The molecule has 1 atom stereocenters. The highest BCUT2D eigenvalue weighted by molar-refractivity contribution is 5.94. The van der Waals surface area contributed by atoms with Crippen molar-refractivity contribution in [2.24, 2.45) is 0 Å². The number of nitrogens with zero attached hydrogens (tertiary/aromatic N) is 1. The van der Waals surface area contributed by atoms with E-state index in [9.17, 15) is 19.5 Å². The normalized spacial score (nSPS) is 11.6. The topological polar surface area (TPSA) is 113 Å². The highest BCUT2D eigenvalue weighted by Gasteiger charge is 2.32. The highest BCUT2D eigenvalue weighted by atomic mass is 16.7. The molecule has 0 bridgehead atoms. The molecule has 0 heterocycles. The van der Waals surface area contributed by atoms with Crippen LogP contribution in [0.5, 0.6) is 5.75 Å². The molecule has 0 aliphatic heterocycles. The van der Waals surface area contributed by atoms with E-state index in [0.29, 0.717) is 10.6 Å². The largest absolute Gasteiger partial charge is 0.508 e. The molecule has 2 N–H and O–H groups in total. The molecule has 8 nitrogen and oxygen atoms in total. The highest BCUT2D eigenvalue weighted by Crippen LogP contribution is 2.16. The van der Waals surface area contributed by atoms with Crippen LogP contribution in [-0.2, 0) is 30.4 Å². The molecule has 0 radical (unpaired) electrons. The Bertz CT molecular complexity index is 555. The summed E-state index contributed by atoms with van der Waals surface area (Å²) >= 11 is 0. The lowest BCUT2D eigenvalue weighted by molar-refractivity contribution is -0.199. The number of ether oxygens (including phenoxy) is 1. The van der Waals surface area contributed by atoms with E-state index >= 15 is 0 Å². The second-order valence-electron chi connectivity index (χ2n) is 4.61. The summed E-state index contributed by atoms with van der Waals surface area (Å²) in [6.07, 6.45) is -0.752. The van der Waals surface area contributed by atoms with Gasteiger partial charge in [0.1, 0.15) is 12.2 Å². The Morgan fingerprint density at radius 1 is 1.22 bits per heavy atom. The van der Waals surface area contributed by atoms with Crippen LogP contribution in [0.15, 0.2) is 24.3 Å². The summed E-state index contributed by atoms with van der Waals surface area (Å²) in [7, 11) is 1.17. The van der Waals surface area contributed by atoms with Gasteiger partial charge < -0.3 is 14.9 Å². The second-order valence-corrected chi connectivity index (χ2v) is 4.61. The van der Waals surface area contributed by atoms with Gasteiger partial charge in [-0.2, -0.15) is 0 Å². The standard InChI is InChI=1S/C15H19NO7/c1-3-23-15(21)12(8-10-4-6-11(17)7-5-10)16(22-2)13(18)9-14(19)20/h4-7,12,17H,3,8-9H2,1-2H3,(H,19,20). The summed E-state index contributed by atoms with van der Waals surface area (Å²) in [5.74, 6) is -2.84. The molecular formula is C15H19NO7. The van der Waals surface area contributed by atoms with E-state index in [1.54, 1.807) is 19.1 Å². The molecule has 0 fully saturated rings. The Morgan fingerprint density at radius 3 is 2.30 bits per heavy atom. The van der Waals surface area contributed by atoms with Crippen LogP contribution < -0.4 is 0 Å². The fourth-order valence-corrected chi connectivity index (χ4v) is 1.97. The van der Waals surface area contributed by atoms with Gasteiger partial charge in [0, 0.05) is 6.42 Å². The summed E-state index contributed by atoms with van der Waals surface area (Å²) < 4.78 is 4.93. The van der Waals surface area contributed by atoms with Crippen LogP contribution in [0.25, 0.3) is 0 Å². The number of benzene rings is 1. The molecule has 1 amide bonds. The summed E-state index contributed by atoms with van der Waals surface area (Å²) in [6.45, 7) is 1.72. The van der Waals surface area contributed by atoms with Crippen LogP contribution >= 0.6 is 0 Å². The van der Waals surface area contributed by atoms with Crippen LogP contribution in [0.3, 0.4) is 0 Å². The van der Waals surface area contributed by atoms with E-state index in [4.69, 9.17) is 14.7 Å². The van der Waals surface area contributed by atoms with Crippen molar-refractivity contribution in [3.8, 4) is 5.75 Å². The lowest BCUT2D eigenvalue weighted by Gasteiger charge is -2.27. The number of carbonyl (C=O) groups excluding carboxylic acids is 2. The molecule has 1 rings (SSSR count). The number of hydrogen-bond donors (Lipinski definition) is 2. The van der Waals surface area contributed by atoms with E-state index in [0.717, 1.165) is 0 Å². The SMILES string of the molecule is CCOC(=O)C(Cc1ccc(O)cc1)N(OC)C(=O)CC(=O)O. The maximum Gasteiger partial charge on any atom is 0.331 e. The molecule has 1 aromatic carbocycles. The number of aromatic hydroxyl groups is 1. The van der Waals surface area contributed by atoms with Gasteiger partial charge in [0.2, 0.25) is 0 Å². The first-order valence-corrected chi connectivity index (χ1v) is 6.91. The Kier molecular flexibility index (Phi) is 7.01. The quantitative estimate of drug-likeness (QED) is 0.411. The first-order chi connectivity index (χ1) is 10.9. The minimum atomic E-state index is -1.33. The van der Waals surface area contributed by atoms with Crippen LogP contribution in [0, 0.1) is 0 Å². The first-order valence-electron chi connectivity index (χ1n) is 6.91. The van der Waals surface area contributed by atoms with Crippen molar-refractivity contribution in [2.45, 2.75) is 25.8 Å². The lowest BCUT2D eigenvalue weighted by Crippen LogP contribution is -2.47. The molecular weight excluding hydrogens is 306 g/mol. The van der Waals surface area contributed by atoms with Crippen molar-refractivity contribution < 1.29 is 34.2 Å². The number of carboxylic acids is 1. The zero-order valence-electron chi connectivity index (χ0n) is 12.9. The minimum absolute atomic E-state index is 0.0539. The number of hydrogen-bond acceptors (Lipinski definition) is 6. The third-order valence-electron chi connectivity index (χ3n) is 2.95. The van der Waals surface area contributed by atoms with Crippen molar-refractivity contribution >= 4 is 17.8 Å². The summed E-state index contributed by atoms with van der Waals surface area (Å²) in [5.41, 5.74) is 0.644. The number of phenolic OH excluding ortho intramolecular Hbond substituents is 1. The van der Waals surface area contributed by atoms with Crippen molar-refractivity contribution in [2.75, 3.05) is 13.7 Å². The van der Waals surface area contributed by atoms with E-state index in [-0.39, 0.29) is 18.8 Å². The predicted molar refractivity (Wildman–Crippen MR) is 78.3 cm³/mol. The number of hydroxylamine groups is 2. The van der Waals surface area contributed by atoms with Gasteiger partial charge in [-0.25, -0.2) is 9.86 Å². The molecule has 0 aliphatic rings. The van der Waals surface area contributed by atoms with Gasteiger partial charge in [-0.1, -0.05) is 12.1 Å². The summed E-state index contributed by atoms with van der Waals surface area (Å²) in [6, 6.07) is 4.91. The van der Waals surface area contributed by atoms with Crippen molar-refractivity contribution in [1.29, 1.82) is 0 Å². The van der Waals surface area contributed by atoms with Crippen LogP contribution in [0.4, 0.5) is 0 Å². The number of esters is 1. The summed E-state index contributed by atoms with van der Waals surface area (Å²) in [5, 5.41) is 18.7. The molecule has 23 heavy (non-hydrogen) atoms. The smallest absolute Gasteiger partial charge is 0.331 e. The van der Waals surface area contributed by atoms with Crippen molar-refractivity contribution in [3.63, 3.8) is 0 Å². The van der Waals surface area contributed by atoms with Gasteiger partial charge in [-0.3, -0.25) is 14.4 Å². The molecule has 0 saturated carbocycles. The molecule has 8 heteroatoms. The maximum absolute atomic E-state index is 12.1. The molecule has 0 aromatic heterocycles. The van der Waals surface area contributed by atoms with Gasteiger partial charge in [0.25, 0.3) is 5.91 Å². The van der Waals surface area contributed by atoms with Gasteiger partial charge in [0.15, 0.2) is 6.04 Å². The average Bonchev–Trinajstić information content (AvgIpc) is 2.48. The molecule has 1 unspecified atom stereocenters. The first kappa shape index (κ1) is 18.4. The number of phenols is 1. The monoisotopic (exact) mass is 325 g/mol. The third-order valence-corrected chi connectivity index (χ3v) is 2.95. The maximum atomic E-state index is 12.1. The Morgan fingerprint density at radius 2 is 1.83 bits per heavy atom. The molecule has 0 saturated heterocycles. The van der Waals surface area contributed by atoms with Crippen molar-refractivity contribution in [3.05, 3.63) is 29.8 Å². The van der Waals surface area contributed by atoms with Gasteiger partial charge in [0.05, 0.1) is 13.7 Å². The molecule has 0 spiro atoms. The number of aliphatic carboxylic acids is 1. The van der Waals surface area contributed by atoms with Gasteiger partial charge in [-0.05, 0) is 24.6 Å². The van der Waals surface area contributed by atoms with E-state index in [1.165, 1.54) is 19.2 Å². The third kappa shape index (κ3) is 5.59. The zero-order valence-corrected chi connectivity index (χ0v) is 12.9. The minimum Gasteiger partial charge on any atom is -0.508 e. The van der Waals surface area contributed by atoms with Crippen LogP contribution in [0.1, 0.15) is 18.9 Å². The Balaban J connectivity index is 3.01. The predicted octanol–water partition coefficient (Wildman–Crippen LogP) is 0.731. The van der Waals surface area contributed by atoms with Crippen LogP contribution in [0.2, 0.25) is 0 Å². The Labute approximate surface area is 133 Å². The van der Waals surface area contributed by atoms with E-state index in [1.807, 2.05) is 0 Å². The average molecular weight is 325 g/mol. The molecule has 0 aliphatic carbocycles. The molecule has 1 aromatic rings. The number of rotatable bonds is 8. The number of carbonyl (C=O) groups is 3. The van der Waals surface area contributed by atoms with Crippen LogP contribution in [-0.4, -0.2) is 52.9 Å². The number of carboxylic acid groups (broad SMARTS) is 1. The second kappa shape index (κ2) is 8.74. The molecule has 126 valence electrons. The van der Waals surface area contributed by atoms with E-state index in [2.05, 4.69) is 0 Å².